The van der Waals surface area contributed by atoms with Gasteiger partial charge in [0, 0.05) is 17.8 Å². The van der Waals surface area contributed by atoms with Gasteiger partial charge in [-0.2, -0.15) is 0 Å². The number of para-hydroxylation sites is 2. The molecule has 0 aliphatic heterocycles. The average Bonchev–Trinajstić information content (AvgIpc) is 2.90. The smallest absolute Gasteiger partial charge is 0.324 e. The van der Waals surface area contributed by atoms with Crippen LogP contribution in [0.2, 0.25) is 5.02 Å². The van der Waals surface area contributed by atoms with Crippen LogP contribution in [0.4, 0.5) is 16.4 Å². The zero-order valence-electron chi connectivity index (χ0n) is 11.3. The van der Waals surface area contributed by atoms with E-state index in [1.54, 1.807) is 31.3 Å². The number of rotatable bonds is 2. The van der Waals surface area contributed by atoms with Crippen molar-refractivity contribution in [3.8, 4) is 0 Å². The molecule has 2 aromatic carbocycles. The van der Waals surface area contributed by atoms with E-state index in [1.807, 2.05) is 24.3 Å². The van der Waals surface area contributed by atoms with Crippen LogP contribution in [0.15, 0.2) is 48.5 Å². The average molecular weight is 301 g/mol. The predicted octanol–water partition coefficient (Wildman–Crippen LogP) is 3.88. The van der Waals surface area contributed by atoms with Crippen LogP contribution in [0.3, 0.4) is 0 Å². The van der Waals surface area contributed by atoms with Gasteiger partial charge in [0.1, 0.15) is 0 Å². The Bertz CT molecular complexity index is 766. The molecule has 21 heavy (non-hydrogen) atoms. The number of urea groups is 1. The second-order valence-electron chi connectivity index (χ2n) is 4.58. The molecular formula is C15H13ClN4O. The highest BCUT2D eigenvalue weighted by atomic mass is 35.5. The maximum Gasteiger partial charge on any atom is 0.328 e. The van der Waals surface area contributed by atoms with Gasteiger partial charge in [0.2, 0.25) is 5.95 Å². The fourth-order valence-electron chi connectivity index (χ4n) is 1.97. The molecule has 0 radical (unpaired) electrons. The number of hydrogen-bond donors (Lipinski definition) is 2. The van der Waals surface area contributed by atoms with Crippen LogP contribution in [0.5, 0.6) is 0 Å². The van der Waals surface area contributed by atoms with Crippen molar-refractivity contribution in [1.82, 2.24) is 9.97 Å². The van der Waals surface area contributed by atoms with Gasteiger partial charge in [0.05, 0.1) is 11.0 Å². The maximum absolute atomic E-state index is 12.2. The second-order valence-corrected chi connectivity index (χ2v) is 5.01. The zero-order valence-corrected chi connectivity index (χ0v) is 12.1. The Morgan fingerprint density at radius 2 is 2.05 bits per heavy atom. The molecule has 1 aromatic heterocycles. The van der Waals surface area contributed by atoms with E-state index in [2.05, 4.69) is 15.3 Å². The lowest BCUT2D eigenvalue weighted by Gasteiger charge is -2.15. The first-order chi connectivity index (χ1) is 10.1. The van der Waals surface area contributed by atoms with E-state index < -0.39 is 0 Å². The normalized spacial score (nSPS) is 10.6. The number of amides is 2. The van der Waals surface area contributed by atoms with Gasteiger partial charge in [0.15, 0.2) is 0 Å². The van der Waals surface area contributed by atoms with Crippen molar-refractivity contribution in [3.63, 3.8) is 0 Å². The van der Waals surface area contributed by atoms with Gasteiger partial charge in [0.25, 0.3) is 0 Å². The number of carbonyl (C=O) groups is 1. The standard InChI is InChI=1S/C15H13ClN4O/c1-20(14-18-12-7-2-3-8-13(12)19-14)15(21)17-11-6-4-5-10(16)9-11/h2-9H,1H3,(H,17,21)(H,18,19). The molecule has 5 nitrogen and oxygen atoms in total. The van der Waals surface area contributed by atoms with Crippen molar-refractivity contribution in [1.29, 1.82) is 0 Å². The Morgan fingerprint density at radius 1 is 1.24 bits per heavy atom. The number of nitrogens with zero attached hydrogens (tertiary/aromatic N) is 2. The van der Waals surface area contributed by atoms with Crippen molar-refractivity contribution < 1.29 is 4.79 Å². The van der Waals surface area contributed by atoms with E-state index >= 15 is 0 Å². The van der Waals surface area contributed by atoms with E-state index in [4.69, 9.17) is 11.6 Å². The lowest BCUT2D eigenvalue weighted by Crippen LogP contribution is -2.31. The number of fused-ring (bicyclic) bond motifs is 1. The van der Waals surface area contributed by atoms with Crippen molar-refractivity contribution >= 4 is 40.3 Å². The van der Waals surface area contributed by atoms with Crippen LogP contribution in [0, 0.1) is 0 Å². The van der Waals surface area contributed by atoms with Gasteiger partial charge in [-0.1, -0.05) is 29.8 Å². The molecule has 2 amide bonds. The second kappa shape index (κ2) is 5.46. The summed E-state index contributed by atoms with van der Waals surface area (Å²) < 4.78 is 0. The number of aromatic nitrogens is 2. The Labute approximate surface area is 126 Å². The summed E-state index contributed by atoms with van der Waals surface area (Å²) in [7, 11) is 1.65. The molecule has 0 unspecified atom stereocenters. The summed E-state index contributed by atoms with van der Waals surface area (Å²) in [6, 6.07) is 14.3. The number of carbonyl (C=O) groups excluding carboxylic acids is 1. The summed E-state index contributed by atoms with van der Waals surface area (Å²) in [4.78, 5) is 21.1. The van der Waals surface area contributed by atoms with Gasteiger partial charge in [-0.3, -0.25) is 4.90 Å². The number of imidazole rings is 1. The van der Waals surface area contributed by atoms with Crippen molar-refractivity contribution in [2.45, 2.75) is 0 Å². The number of benzene rings is 2. The molecule has 0 saturated carbocycles. The topological polar surface area (TPSA) is 61.0 Å². The molecule has 0 bridgehead atoms. The fourth-order valence-corrected chi connectivity index (χ4v) is 2.16. The monoisotopic (exact) mass is 300 g/mol. The Hall–Kier alpha value is -2.53. The Kier molecular flexibility index (Phi) is 3.50. The highest BCUT2D eigenvalue weighted by molar-refractivity contribution is 6.30. The number of hydrogen-bond acceptors (Lipinski definition) is 2. The predicted molar refractivity (Wildman–Crippen MR) is 85.0 cm³/mol. The molecule has 0 saturated heterocycles. The van der Waals surface area contributed by atoms with Crippen LogP contribution < -0.4 is 10.2 Å². The van der Waals surface area contributed by atoms with Crippen molar-refractivity contribution in [2.75, 3.05) is 17.3 Å². The number of H-pyrrole nitrogens is 1. The lowest BCUT2D eigenvalue weighted by atomic mass is 10.3. The van der Waals surface area contributed by atoms with Crippen LogP contribution in [-0.4, -0.2) is 23.0 Å². The molecule has 0 aliphatic rings. The minimum absolute atomic E-state index is 0.295. The maximum atomic E-state index is 12.2. The minimum atomic E-state index is -0.295. The molecule has 1 heterocycles. The summed E-state index contributed by atoms with van der Waals surface area (Å²) in [5.74, 6) is 0.482. The largest absolute Gasteiger partial charge is 0.328 e. The zero-order chi connectivity index (χ0) is 14.8. The summed E-state index contributed by atoms with van der Waals surface area (Å²) in [5.41, 5.74) is 2.33. The number of aromatic amines is 1. The summed E-state index contributed by atoms with van der Waals surface area (Å²) >= 11 is 5.89. The van der Waals surface area contributed by atoms with Crippen molar-refractivity contribution in [2.24, 2.45) is 0 Å². The molecule has 6 heteroatoms. The Balaban J connectivity index is 1.80. The molecule has 2 N–H and O–H groups in total. The van der Waals surface area contributed by atoms with E-state index in [0.29, 0.717) is 16.7 Å². The number of anilines is 2. The van der Waals surface area contributed by atoms with Crippen LogP contribution in [-0.2, 0) is 0 Å². The van der Waals surface area contributed by atoms with Gasteiger partial charge in [-0.05, 0) is 30.3 Å². The lowest BCUT2D eigenvalue weighted by molar-refractivity contribution is 0.258. The third-order valence-electron chi connectivity index (χ3n) is 3.08. The molecule has 106 valence electrons. The van der Waals surface area contributed by atoms with Crippen molar-refractivity contribution in [3.05, 3.63) is 53.6 Å². The molecule has 0 atom stereocenters. The molecule has 3 aromatic rings. The first-order valence-corrected chi connectivity index (χ1v) is 6.76. The minimum Gasteiger partial charge on any atom is -0.324 e. The molecular weight excluding hydrogens is 288 g/mol. The molecule has 3 rings (SSSR count). The van der Waals surface area contributed by atoms with E-state index in [0.717, 1.165) is 11.0 Å². The van der Waals surface area contributed by atoms with Gasteiger partial charge in [-0.15, -0.1) is 0 Å². The quantitative estimate of drug-likeness (QED) is 0.754. The number of nitrogens with one attached hydrogen (secondary N) is 2. The molecule has 0 fully saturated rings. The highest BCUT2D eigenvalue weighted by Gasteiger charge is 2.14. The van der Waals surface area contributed by atoms with Crippen LogP contribution in [0.25, 0.3) is 11.0 Å². The molecule has 0 aliphatic carbocycles. The van der Waals surface area contributed by atoms with E-state index in [-0.39, 0.29) is 6.03 Å². The van der Waals surface area contributed by atoms with Gasteiger partial charge < -0.3 is 10.3 Å². The third kappa shape index (κ3) is 2.83. The first-order valence-electron chi connectivity index (χ1n) is 6.38. The van der Waals surface area contributed by atoms with E-state index in [9.17, 15) is 4.79 Å². The van der Waals surface area contributed by atoms with Crippen LogP contribution in [0.1, 0.15) is 0 Å². The SMILES string of the molecule is CN(C(=O)Nc1cccc(Cl)c1)c1nc2ccccc2[nH]1. The number of halogens is 1. The summed E-state index contributed by atoms with van der Waals surface area (Å²) in [5, 5.41) is 3.34. The van der Waals surface area contributed by atoms with E-state index in [1.165, 1.54) is 4.90 Å². The summed E-state index contributed by atoms with van der Waals surface area (Å²) in [6.07, 6.45) is 0. The third-order valence-corrected chi connectivity index (χ3v) is 3.31. The Morgan fingerprint density at radius 3 is 2.81 bits per heavy atom. The van der Waals surface area contributed by atoms with Crippen LogP contribution >= 0.6 is 11.6 Å². The molecule has 0 spiro atoms. The van der Waals surface area contributed by atoms with Gasteiger partial charge in [-0.25, -0.2) is 9.78 Å². The fraction of sp³-hybridized carbons (Fsp3) is 0.0667. The van der Waals surface area contributed by atoms with Gasteiger partial charge >= 0.3 is 6.03 Å². The summed E-state index contributed by atoms with van der Waals surface area (Å²) in [6.45, 7) is 0. The first kappa shape index (κ1) is 13.5. The highest BCUT2D eigenvalue weighted by Crippen LogP contribution is 2.18.